The normalized spacial score (nSPS) is 16.1. The summed E-state index contributed by atoms with van der Waals surface area (Å²) in [7, 11) is -1.29. The van der Waals surface area contributed by atoms with Crippen molar-refractivity contribution in [2.45, 2.75) is 17.9 Å². The van der Waals surface area contributed by atoms with Gasteiger partial charge in [0.05, 0.1) is 27.8 Å². The number of nitrogens with one attached hydrogen (secondary N) is 1. The number of esters is 1. The first-order valence-corrected chi connectivity index (χ1v) is 10.2. The Kier molecular flexibility index (Phi) is 6.65. The first kappa shape index (κ1) is 19.9. The Bertz CT molecular complexity index is 885. The van der Waals surface area contributed by atoms with Gasteiger partial charge in [0, 0.05) is 5.75 Å². The maximum Gasteiger partial charge on any atom is 0.339 e. The van der Waals surface area contributed by atoms with E-state index >= 15 is 0 Å². The van der Waals surface area contributed by atoms with Gasteiger partial charge in [0.1, 0.15) is 12.7 Å². The highest BCUT2D eigenvalue weighted by molar-refractivity contribution is 7.85. The van der Waals surface area contributed by atoms with Gasteiger partial charge in [0.2, 0.25) is 0 Å². The molecule has 1 heterocycles. The van der Waals surface area contributed by atoms with Crippen LogP contribution >= 0.6 is 0 Å². The van der Waals surface area contributed by atoms with Crippen LogP contribution in [0.2, 0.25) is 0 Å². The van der Waals surface area contributed by atoms with Crippen molar-refractivity contribution in [1.29, 1.82) is 0 Å². The van der Waals surface area contributed by atoms with E-state index in [1.54, 1.807) is 31.2 Å². The van der Waals surface area contributed by atoms with E-state index in [-0.39, 0.29) is 18.2 Å². The third kappa shape index (κ3) is 4.89. The lowest BCUT2D eigenvalue weighted by Crippen LogP contribution is -2.42. The van der Waals surface area contributed by atoms with Gasteiger partial charge in [-0.05, 0) is 24.3 Å². The van der Waals surface area contributed by atoms with Gasteiger partial charge in [-0.1, -0.05) is 31.2 Å². The summed E-state index contributed by atoms with van der Waals surface area (Å²) in [5.74, 6) is 0.544. The van der Waals surface area contributed by atoms with Crippen molar-refractivity contribution in [3.8, 4) is 11.5 Å². The standard InChI is InChI=1S/C20H21NO6S/c1-2-28(24)18-10-6-3-7-15(18)20(23)26-13-19(22)21-11-14-12-25-16-8-4-5-9-17(16)27-14/h3-10,14H,2,11-13H2,1H3,(H,21,22)/t14-,28-/m0/s1. The largest absolute Gasteiger partial charge is 0.486 e. The van der Waals surface area contributed by atoms with Gasteiger partial charge < -0.3 is 19.5 Å². The second kappa shape index (κ2) is 9.36. The van der Waals surface area contributed by atoms with E-state index in [4.69, 9.17) is 14.2 Å². The summed E-state index contributed by atoms with van der Waals surface area (Å²) in [6, 6.07) is 13.8. The molecular formula is C20H21NO6S. The second-order valence-electron chi connectivity index (χ2n) is 6.01. The molecule has 1 amide bonds. The molecule has 0 saturated carbocycles. The summed E-state index contributed by atoms with van der Waals surface area (Å²) in [5.41, 5.74) is 0.205. The minimum absolute atomic E-state index is 0.205. The maximum atomic E-state index is 12.3. The Hall–Kier alpha value is -2.87. The zero-order valence-electron chi connectivity index (χ0n) is 15.4. The molecule has 2 aromatic carbocycles. The van der Waals surface area contributed by atoms with Crippen molar-refractivity contribution in [2.75, 3.05) is 25.5 Å². The molecule has 0 aromatic heterocycles. The molecule has 1 N–H and O–H groups in total. The maximum absolute atomic E-state index is 12.3. The molecule has 7 nitrogen and oxygen atoms in total. The summed E-state index contributed by atoms with van der Waals surface area (Å²) >= 11 is 0. The summed E-state index contributed by atoms with van der Waals surface area (Å²) in [6.07, 6.45) is -0.331. The van der Waals surface area contributed by atoms with Crippen molar-refractivity contribution in [3.63, 3.8) is 0 Å². The van der Waals surface area contributed by atoms with Crippen LogP contribution in [-0.2, 0) is 20.3 Å². The molecule has 148 valence electrons. The molecule has 2 aromatic rings. The van der Waals surface area contributed by atoms with Crippen molar-refractivity contribution in [1.82, 2.24) is 5.32 Å². The molecule has 0 fully saturated rings. The summed E-state index contributed by atoms with van der Waals surface area (Å²) < 4.78 is 28.4. The van der Waals surface area contributed by atoms with Crippen molar-refractivity contribution in [3.05, 3.63) is 54.1 Å². The molecule has 1 aliphatic heterocycles. The van der Waals surface area contributed by atoms with E-state index in [0.717, 1.165) is 0 Å². The predicted molar refractivity (Wildman–Crippen MR) is 103 cm³/mol. The summed E-state index contributed by atoms with van der Waals surface area (Å²) in [6.45, 7) is 1.87. The van der Waals surface area contributed by atoms with E-state index in [1.807, 2.05) is 18.2 Å². The Balaban J connectivity index is 1.48. The molecule has 2 atom stereocenters. The fourth-order valence-corrected chi connectivity index (χ4v) is 3.58. The quantitative estimate of drug-likeness (QED) is 0.711. The lowest BCUT2D eigenvalue weighted by atomic mass is 10.2. The van der Waals surface area contributed by atoms with Crippen LogP contribution < -0.4 is 14.8 Å². The number of hydrogen-bond donors (Lipinski definition) is 1. The predicted octanol–water partition coefficient (Wildman–Crippen LogP) is 1.93. The lowest BCUT2D eigenvalue weighted by Gasteiger charge is -2.26. The number of para-hydroxylation sites is 2. The highest BCUT2D eigenvalue weighted by Crippen LogP contribution is 2.30. The molecule has 0 aliphatic carbocycles. The van der Waals surface area contributed by atoms with Crippen LogP contribution in [0.25, 0.3) is 0 Å². The topological polar surface area (TPSA) is 90.9 Å². The summed E-state index contributed by atoms with van der Waals surface area (Å²) in [5, 5.41) is 2.66. The highest BCUT2D eigenvalue weighted by Gasteiger charge is 2.22. The van der Waals surface area contributed by atoms with Crippen molar-refractivity contribution >= 4 is 22.7 Å². The number of rotatable bonds is 7. The molecule has 1 aliphatic rings. The van der Waals surface area contributed by atoms with Crippen LogP contribution in [0, 0.1) is 0 Å². The molecule has 28 heavy (non-hydrogen) atoms. The molecule has 0 bridgehead atoms. The fraction of sp³-hybridized carbons (Fsp3) is 0.300. The number of carbonyl (C=O) groups is 2. The first-order chi connectivity index (χ1) is 13.6. The molecule has 0 saturated heterocycles. The third-order valence-electron chi connectivity index (χ3n) is 4.04. The van der Waals surface area contributed by atoms with Crippen LogP contribution in [-0.4, -0.2) is 47.7 Å². The fourth-order valence-electron chi connectivity index (χ4n) is 2.64. The Morgan fingerprint density at radius 2 is 1.86 bits per heavy atom. The number of fused-ring (bicyclic) bond motifs is 1. The number of benzene rings is 2. The number of hydrogen-bond acceptors (Lipinski definition) is 6. The van der Waals surface area contributed by atoms with Crippen molar-refractivity contribution in [2.24, 2.45) is 0 Å². The number of carbonyl (C=O) groups excluding carboxylic acids is 2. The van der Waals surface area contributed by atoms with Gasteiger partial charge in [0.25, 0.3) is 5.91 Å². The number of ether oxygens (including phenoxy) is 3. The highest BCUT2D eigenvalue weighted by atomic mass is 32.2. The van der Waals surface area contributed by atoms with Crippen LogP contribution in [0.1, 0.15) is 17.3 Å². The van der Waals surface area contributed by atoms with E-state index in [9.17, 15) is 13.8 Å². The van der Waals surface area contributed by atoms with Gasteiger partial charge in [-0.3, -0.25) is 9.00 Å². The SMILES string of the molecule is CC[S@](=O)c1ccccc1C(=O)OCC(=O)NC[C@H]1COc2ccccc2O1. The number of amides is 1. The first-order valence-electron chi connectivity index (χ1n) is 8.88. The zero-order valence-corrected chi connectivity index (χ0v) is 16.2. The van der Waals surface area contributed by atoms with Crippen LogP contribution in [0.15, 0.2) is 53.4 Å². The smallest absolute Gasteiger partial charge is 0.339 e. The molecule has 0 radical (unpaired) electrons. The third-order valence-corrected chi connectivity index (χ3v) is 5.41. The lowest BCUT2D eigenvalue weighted by molar-refractivity contribution is -0.124. The Labute approximate surface area is 165 Å². The average molecular weight is 403 g/mol. The van der Waals surface area contributed by atoms with Crippen LogP contribution in [0.5, 0.6) is 11.5 Å². The van der Waals surface area contributed by atoms with Gasteiger partial charge in [-0.2, -0.15) is 0 Å². The minimum atomic E-state index is -1.29. The van der Waals surface area contributed by atoms with Gasteiger partial charge in [0.15, 0.2) is 18.1 Å². The van der Waals surface area contributed by atoms with Crippen LogP contribution in [0.3, 0.4) is 0 Å². The summed E-state index contributed by atoms with van der Waals surface area (Å²) in [4.78, 5) is 24.7. The molecule has 3 rings (SSSR count). The minimum Gasteiger partial charge on any atom is -0.486 e. The van der Waals surface area contributed by atoms with E-state index in [1.165, 1.54) is 6.07 Å². The van der Waals surface area contributed by atoms with Crippen molar-refractivity contribution < 1.29 is 28.0 Å². The molecule has 0 spiro atoms. The zero-order chi connectivity index (χ0) is 19.9. The van der Waals surface area contributed by atoms with Gasteiger partial charge in [-0.25, -0.2) is 4.79 Å². The van der Waals surface area contributed by atoms with E-state index in [2.05, 4.69) is 5.32 Å². The average Bonchev–Trinajstić information content (AvgIpc) is 2.75. The second-order valence-corrected chi connectivity index (χ2v) is 7.72. The van der Waals surface area contributed by atoms with Gasteiger partial charge >= 0.3 is 5.97 Å². The van der Waals surface area contributed by atoms with E-state index in [0.29, 0.717) is 28.8 Å². The molecular weight excluding hydrogens is 382 g/mol. The van der Waals surface area contributed by atoms with E-state index < -0.39 is 29.3 Å². The molecule has 8 heteroatoms. The van der Waals surface area contributed by atoms with Gasteiger partial charge in [-0.15, -0.1) is 0 Å². The Morgan fingerprint density at radius 3 is 2.64 bits per heavy atom. The monoisotopic (exact) mass is 403 g/mol. The Morgan fingerprint density at radius 1 is 1.14 bits per heavy atom. The molecule has 0 unspecified atom stereocenters. The van der Waals surface area contributed by atoms with Crippen LogP contribution in [0.4, 0.5) is 0 Å².